The van der Waals surface area contributed by atoms with E-state index >= 15 is 0 Å². The van der Waals surface area contributed by atoms with E-state index in [2.05, 4.69) is 15.9 Å². The first kappa shape index (κ1) is 20.5. The van der Waals surface area contributed by atoms with E-state index < -0.39 is 0 Å². The van der Waals surface area contributed by atoms with Gasteiger partial charge >= 0.3 is 0 Å². The average molecular weight is 462 g/mol. The van der Waals surface area contributed by atoms with Gasteiger partial charge in [0.2, 0.25) is 0 Å². The van der Waals surface area contributed by atoms with E-state index in [9.17, 15) is 9.59 Å². The van der Waals surface area contributed by atoms with Crippen LogP contribution in [-0.4, -0.2) is 29.3 Å². The zero-order chi connectivity index (χ0) is 20.1. The third kappa shape index (κ3) is 4.59. The monoisotopic (exact) mass is 461 g/mol. The third-order valence-electron chi connectivity index (χ3n) is 4.03. The molecule has 5 nitrogen and oxygen atoms in total. The van der Waals surface area contributed by atoms with Gasteiger partial charge in [0.15, 0.2) is 11.5 Å². The van der Waals surface area contributed by atoms with E-state index in [0.717, 1.165) is 27.4 Å². The maximum absolute atomic E-state index is 12.8. The molecule has 2 aromatic rings. The van der Waals surface area contributed by atoms with Gasteiger partial charge in [0, 0.05) is 4.47 Å². The summed E-state index contributed by atoms with van der Waals surface area (Å²) in [6, 6.07) is 13.0. The summed E-state index contributed by atoms with van der Waals surface area (Å²) < 4.78 is 12.1. The van der Waals surface area contributed by atoms with Gasteiger partial charge in [-0.1, -0.05) is 40.2 Å². The molecule has 0 radical (unpaired) electrons. The Labute approximate surface area is 176 Å². The van der Waals surface area contributed by atoms with Gasteiger partial charge in [0.25, 0.3) is 11.1 Å². The van der Waals surface area contributed by atoms with Gasteiger partial charge in [-0.25, -0.2) is 0 Å². The molecule has 146 valence electrons. The molecule has 0 N–H and O–H groups in total. The lowest BCUT2D eigenvalue weighted by Crippen LogP contribution is -2.27. The number of carbonyl (C=O) groups excluding carboxylic acids is 2. The Morgan fingerprint density at radius 3 is 2.46 bits per heavy atom. The average Bonchev–Trinajstić information content (AvgIpc) is 2.93. The molecule has 0 spiro atoms. The van der Waals surface area contributed by atoms with Crippen LogP contribution in [0.4, 0.5) is 4.79 Å². The van der Waals surface area contributed by atoms with Gasteiger partial charge in [-0.3, -0.25) is 14.5 Å². The Morgan fingerprint density at radius 2 is 1.75 bits per heavy atom. The van der Waals surface area contributed by atoms with E-state index in [1.807, 2.05) is 56.3 Å². The number of halogens is 1. The van der Waals surface area contributed by atoms with Gasteiger partial charge in [-0.2, -0.15) is 0 Å². The standard InChI is InChI=1S/C21H20BrNO4S/c1-3-26-17-10-9-14(11-18(17)27-4-2)12-19-20(24)23(21(25)28-19)13-15-7-5-6-8-16(15)22/h5-12H,3-4,13H2,1-2H3/b19-12-. The first-order valence-corrected chi connectivity index (χ1v) is 10.5. The van der Waals surface area contributed by atoms with Gasteiger partial charge in [-0.15, -0.1) is 0 Å². The molecule has 1 aliphatic heterocycles. The maximum atomic E-state index is 12.8. The van der Waals surface area contributed by atoms with Gasteiger partial charge in [0.05, 0.1) is 24.7 Å². The zero-order valence-electron chi connectivity index (χ0n) is 15.6. The van der Waals surface area contributed by atoms with E-state index in [0.29, 0.717) is 29.6 Å². The van der Waals surface area contributed by atoms with Crippen LogP contribution >= 0.6 is 27.7 Å². The van der Waals surface area contributed by atoms with Gasteiger partial charge < -0.3 is 9.47 Å². The molecule has 1 heterocycles. The first-order chi connectivity index (χ1) is 13.5. The normalized spacial score (nSPS) is 15.4. The molecule has 1 aliphatic rings. The largest absolute Gasteiger partial charge is 0.490 e. The van der Waals surface area contributed by atoms with Crippen LogP contribution in [0, 0.1) is 0 Å². The first-order valence-electron chi connectivity index (χ1n) is 8.92. The number of nitrogens with zero attached hydrogens (tertiary/aromatic N) is 1. The molecule has 0 bridgehead atoms. The van der Waals surface area contributed by atoms with Crippen molar-refractivity contribution < 1.29 is 19.1 Å². The van der Waals surface area contributed by atoms with Crippen molar-refractivity contribution in [2.24, 2.45) is 0 Å². The lowest BCUT2D eigenvalue weighted by Gasteiger charge is -2.13. The summed E-state index contributed by atoms with van der Waals surface area (Å²) in [5.74, 6) is 0.978. The molecule has 3 rings (SSSR count). The highest BCUT2D eigenvalue weighted by Gasteiger charge is 2.35. The molecule has 7 heteroatoms. The number of ether oxygens (including phenoxy) is 2. The van der Waals surface area contributed by atoms with Crippen molar-refractivity contribution >= 4 is 44.9 Å². The summed E-state index contributed by atoms with van der Waals surface area (Å²) in [6.07, 6.45) is 1.71. The summed E-state index contributed by atoms with van der Waals surface area (Å²) in [5, 5.41) is -0.275. The lowest BCUT2D eigenvalue weighted by atomic mass is 10.1. The zero-order valence-corrected chi connectivity index (χ0v) is 18.0. The summed E-state index contributed by atoms with van der Waals surface area (Å²) in [7, 11) is 0. The summed E-state index contributed by atoms with van der Waals surface area (Å²) in [4.78, 5) is 26.8. The minimum Gasteiger partial charge on any atom is -0.490 e. The SMILES string of the molecule is CCOc1ccc(/C=C2\SC(=O)N(Cc3ccccc3Br)C2=O)cc1OCC. The fourth-order valence-corrected chi connectivity index (χ4v) is 3.99. The highest BCUT2D eigenvalue weighted by molar-refractivity contribution is 9.10. The van der Waals surface area contributed by atoms with Crippen LogP contribution in [0.15, 0.2) is 51.8 Å². The number of rotatable bonds is 7. The molecule has 1 fully saturated rings. The Kier molecular flexibility index (Phi) is 6.80. The van der Waals surface area contributed by atoms with Gasteiger partial charge in [0.1, 0.15) is 0 Å². The quantitative estimate of drug-likeness (QED) is 0.510. The molecular weight excluding hydrogens is 442 g/mol. The topological polar surface area (TPSA) is 55.8 Å². The second-order valence-corrected chi connectivity index (χ2v) is 7.78. The molecule has 2 aromatic carbocycles. The fraction of sp³-hybridized carbons (Fsp3) is 0.238. The molecule has 28 heavy (non-hydrogen) atoms. The van der Waals surface area contributed by atoms with Crippen molar-refractivity contribution in [3.8, 4) is 11.5 Å². The second kappa shape index (κ2) is 9.30. The van der Waals surface area contributed by atoms with E-state index in [-0.39, 0.29) is 17.7 Å². The smallest absolute Gasteiger partial charge is 0.293 e. The van der Waals surface area contributed by atoms with Crippen LogP contribution < -0.4 is 9.47 Å². The number of thioether (sulfide) groups is 1. The number of benzene rings is 2. The van der Waals surface area contributed by atoms with E-state index in [1.165, 1.54) is 4.90 Å². The number of imide groups is 1. The minimum atomic E-state index is -0.294. The number of carbonyl (C=O) groups is 2. The Balaban J connectivity index is 1.83. The molecule has 0 saturated carbocycles. The van der Waals surface area contributed by atoms with Crippen molar-refractivity contribution in [2.75, 3.05) is 13.2 Å². The van der Waals surface area contributed by atoms with Crippen LogP contribution in [0.3, 0.4) is 0 Å². The summed E-state index contributed by atoms with van der Waals surface area (Å²) >= 11 is 4.40. The van der Waals surface area contributed by atoms with E-state index in [4.69, 9.17) is 9.47 Å². The van der Waals surface area contributed by atoms with Crippen LogP contribution in [0.1, 0.15) is 25.0 Å². The van der Waals surface area contributed by atoms with Crippen molar-refractivity contribution in [2.45, 2.75) is 20.4 Å². The third-order valence-corrected chi connectivity index (χ3v) is 5.71. The molecule has 0 aromatic heterocycles. The van der Waals surface area contributed by atoms with Crippen LogP contribution in [0.5, 0.6) is 11.5 Å². The van der Waals surface area contributed by atoms with Crippen LogP contribution in [0.2, 0.25) is 0 Å². The number of amides is 2. The molecular formula is C21H20BrNO4S. The van der Waals surface area contributed by atoms with E-state index in [1.54, 1.807) is 6.08 Å². The summed E-state index contributed by atoms with van der Waals surface area (Å²) in [5.41, 5.74) is 1.66. The summed E-state index contributed by atoms with van der Waals surface area (Å²) in [6.45, 7) is 5.08. The van der Waals surface area contributed by atoms with Crippen LogP contribution in [-0.2, 0) is 11.3 Å². The minimum absolute atomic E-state index is 0.233. The van der Waals surface area contributed by atoms with Crippen molar-refractivity contribution in [1.82, 2.24) is 4.90 Å². The maximum Gasteiger partial charge on any atom is 0.293 e. The lowest BCUT2D eigenvalue weighted by molar-refractivity contribution is -0.123. The predicted molar refractivity (Wildman–Crippen MR) is 114 cm³/mol. The second-order valence-electron chi connectivity index (χ2n) is 5.93. The van der Waals surface area contributed by atoms with Gasteiger partial charge in [-0.05, 0) is 61.0 Å². The molecule has 0 aliphatic carbocycles. The van der Waals surface area contributed by atoms with Crippen molar-refractivity contribution in [3.63, 3.8) is 0 Å². The predicted octanol–water partition coefficient (Wildman–Crippen LogP) is 5.48. The highest BCUT2D eigenvalue weighted by atomic mass is 79.9. The van der Waals surface area contributed by atoms with Crippen LogP contribution in [0.25, 0.3) is 6.08 Å². The fourth-order valence-electron chi connectivity index (χ4n) is 2.74. The van der Waals surface area contributed by atoms with Crippen molar-refractivity contribution in [3.05, 3.63) is 63.0 Å². The van der Waals surface area contributed by atoms with Crippen molar-refractivity contribution in [1.29, 1.82) is 0 Å². The highest BCUT2D eigenvalue weighted by Crippen LogP contribution is 2.36. The Morgan fingerprint density at radius 1 is 1.04 bits per heavy atom. The number of hydrogen-bond acceptors (Lipinski definition) is 5. The number of hydrogen-bond donors (Lipinski definition) is 0. The Bertz CT molecular complexity index is 928. The molecule has 2 amide bonds. The molecule has 1 saturated heterocycles. The molecule has 0 unspecified atom stereocenters. The molecule has 0 atom stereocenters. The Hall–Kier alpha value is -2.25.